The van der Waals surface area contributed by atoms with Crippen molar-refractivity contribution < 1.29 is 17.5 Å². The predicted molar refractivity (Wildman–Crippen MR) is 128 cm³/mol. The highest BCUT2D eigenvalue weighted by atomic mass is 32.2. The highest BCUT2D eigenvalue weighted by Gasteiger charge is 2.39. The molecule has 0 atom stereocenters. The quantitative estimate of drug-likeness (QED) is 0.298. The van der Waals surface area contributed by atoms with Crippen LogP contribution in [0.25, 0.3) is 6.08 Å². The Balaban J connectivity index is 1.79. The van der Waals surface area contributed by atoms with Crippen molar-refractivity contribution in [3.05, 3.63) is 71.7 Å². The molecule has 0 fully saturated rings. The number of rotatable bonds is 9. The number of unbranched alkanes of at least 4 members (excludes halogenated alkanes) is 3. The van der Waals surface area contributed by atoms with E-state index in [9.17, 15) is 13.0 Å². The Morgan fingerprint density at radius 3 is 2.41 bits per heavy atom. The van der Waals surface area contributed by atoms with Crippen LogP contribution in [0.1, 0.15) is 64.5 Å². The van der Waals surface area contributed by atoms with E-state index in [4.69, 9.17) is 0 Å². The Hall–Kier alpha value is -2.44. The molecule has 0 unspecified atom stereocenters. The van der Waals surface area contributed by atoms with E-state index in [0.717, 1.165) is 35.6 Å². The fourth-order valence-corrected chi connectivity index (χ4v) is 4.85. The average molecular weight is 455 g/mol. The lowest BCUT2D eigenvalue weighted by atomic mass is 9.83. The molecule has 1 aromatic carbocycles. The molecule has 1 aliphatic rings. The number of benzene rings is 1. The summed E-state index contributed by atoms with van der Waals surface area (Å²) in [6, 6.07) is 8.91. The third-order valence-electron chi connectivity index (χ3n) is 6.20. The number of anilines is 1. The molecule has 0 N–H and O–H groups in total. The minimum Gasteiger partial charge on any atom is -0.744 e. The van der Waals surface area contributed by atoms with Crippen LogP contribution in [0.15, 0.2) is 65.5 Å². The van der Waals surface area contributed by atoms with Crippen molar-refractivity contribution >= 4 is 21.9 Å². The fourth-order valence-electron chi connectivity index (χ4n) is 4.35. The van der Waals surface area contributed by atoms with Crippen LogP contribution in [0.5, 0.6) is 0 Å². The Kier molecular flexibility index (Phi) is 7.57. The van der Waals surface area contributed by atoms with Crippen LogP contribution in [0.2, 0.25) is 0 Å². The highest BCUT2D eigenvalue weighted by Crippen LogP contribution is 2.48. The lowest BCUT2D eigenvalue weighted by Gasteiger charge is -2.25. The van der Waals surface area contributed by atoms with E-state index in [1.165, 1.54) is 37.8 Å². The maximum Gasteiger partial charge on any atom is 0.169 e. The Bertz CT molecular complexity index is 1100. The number of fused-ring (bicyclic) bond motifs is 1. The third-order valence-corrected chi connectivity index (χ3v) is 7.03. The number of hydrogen-bond acceptors (Lipinski definition) is 4. The van der Waals surface area contributed by atoms with Gasteiger partial charge in [0.2, 0.25) is 0 Å². The van der Waals surface area contributed by atoms with Gasteiger partial charge in [0.05, 0.1) is 4.90 Å². The van der Waals surface area contributed by atoms with Crippen molar-refractivity contribution in [2.45, 2.75) is 70.2 Å². The van der Waals surface area contributed by atoms with Crippen LogP contribution in [0, 0.1) is 0 Å². The molecule has 0 saturated carbocycles. The molecule has 32 heavy (non-hydrogen) atoms. The summed E-state index contributed by atoms with van der Waals surface area (Å²) in [5.41, 5.74) is 3.61. The van der Waals surface area contributed by atoms with Gasteiger partial charge in [-0.3, -0.25) is 0 Å². The normalized spacial score (nSPS) is 16.8. The number of pyridine rings is 1. The molecule has 1 aliphatic heterocycles. The van der Waals surface area contributed by atoms with Crippen molar-refractivity contribution in [1.82, 2.24) is 0 Å². The van der Waals surface area contributed by atoms with E-state index < -0.39 is 15.5 Å². The zero-order valence-electron chi connectivity index (χ0n) is 19.5. The van der Waals surface area contributed by atoms with Crippen LogP contribution >= 0.6 is 0 Å². The van der Waals surface area contributed by atoms with Crippen LogP contribution < -0.4 is 9.47 Å². The van der Waals surface area contributed by atoms with E-state index in [1.807, 2.05) is 6.08 Å². The number of likely N-dealkylation sites (N-methyl/N-ethyl adjacent to an activating group) is 1. The number of aryl methyl sites for hydroxylation is 1. The van der Waals surface area contributed by atoms with Gasteiger partial charge in [-0.05, 0) is 48.7 Å². The number of hydrogen-bond donors (Lipinski definition) is 0. The largest absolute Gasteiger partial charge is 0.744 e. The summed E-state index contributed by atoms with van der Waals surface area (Å²) in [6.45, 7) is 10.2. The molecule has 2 aromatic rings. The van der Waals surface area contributed by atoms with E-state index in [2.05, 4.69) is 73.8 Å². The van der Waals surface area contributed by atoms with Gasteiger partial charge in [0.15, 0.2) is 12.4 Å². The van der Waals surface area contributed by atoms with Gasteiger partial charge in [0, 0.05) is 41.9 Å². The number of aromatic nitrogens is 1. The first kappa shape index (κ1) is 24.2. The van der Waals surface area contributed by atoms with E-state index in [0.29, 0.717) is 0 Å². The second-order valence-electron chi connectivity index (χ2n) is 8.84. The molecule has 0 saturated heterocycles. The SMILES string of the molecule is CCCCCC[n+]1ccc(C=CC=C2N(CC)c3ccc(S(=O)(=O)[O-])cc3C2(C)C)cc1. The topological polar surface area (TPSA) is 64.3 Å². The molecule has 1 aromatic heterocycles. The minimum absolute atomic E-state index is 0.176. The third kappa shape index (κ3) is 5.30. The monoisotopic (exact) mass is 454 g/mol. The van der Waals surface area contributed by atoms with Crippen LogP contribution in [-0.4, -0.2) is 19.5 Å². The molecular formula is C26H34N2O3S. The molecule has 2 heterocycles. The second-order valence-corrected chi connectivity index (χ2v) is 10.2. The zero-order valence-corrected chi connectivity index (χ0v) is 20.4. The van der Waals surface area contributed by atoms with E-state index in [1.54, 1.807) is 6.07 Å². The lowest BCUT2D eigenvalue weighted by Crippen LogP contribution is -2.32. The fraction of sp³-hybridized carbons (Fsp3) is 0.423. The van der Waals surface area contributed by atoms with Crippen molar-refractivity contribution in [1.29, 1.82) is 0 Å². The van der Waals surface area contributed by atoms with E-state index >= 15 is 0 Å². The van der Waals surface area contributed by atoms with Gasteiger partial charge in [-0.2, -0.15) is 0 Å². The molecule has 6 heteroatoms. The smallest absolute Gasteiger partial charge is 0.169 e. The van der Waals surface area contributed by atoms with Crippen LogP contribution in [0.3, 0.4) is 0 Å². The van der Waals surface area contributed by atoms with Crippen molar-refractivity contribution in [2.24, 2.45) is 0 Å². The Morgan fingerprint density at radius 1 is 1.06 bits per heavy atom. The van der Waals surface area contributed by atoms with Crippen LogP contribution in [-0.2, 0) is 22.1 Å². The maximum atomic E-state index is 11.5. The van der Waals surface area contributed by atoms with Gasteiger partial charge in [0.1, 0.15) is 16.7 Å². The summed E-state index contributed by atoms with van der Waals surface area (Å²) < 4.78 is 36.8. The van der Waals surface area contributed by atoms with Gasteiger partial charge in [-0.15, -0.1) is 0 Å². The molecule has 3 rings (SSSR count). The van der Waals surface area contributed by atoms with E-state index in [-0.39, 0.29) is 4.90 Å². The van der Waals surface area contributed by atoms with Crippen molar-refractivity contribution in [3.63, 3.8) is 0 Å². The summed E-state index contributed by atoms with van der Waals surface area (Å²) in [4.78, 5) is 2.00. The van der Waals surface area contributed by atoms with Gasteiger partial charge in [-0.25, -0.2) is 13.0 Å². The molecular weight excluding hydrogens is 420 g/mol. The van der Waals surface area contributed by atoms with Crippen LogP contribution in [0.4, 0.5) is 5.69 Å². The summed E-state index contributed by atoms with van der Waals surface area (Å²) >= 11 is 0. The van der Waals surface area contributed by atoms with Crippen molar-refractivity contribution in [2.75, 3.05) is 11.4 Å². The van der Waals surface area contributed by atoms with Gasteiger partial charge in [-0.1, -0.05) is 45.8 Å². The molecule has 0 radical (unpaired) electrons. The Labute approximate surface area is 192 Å². The Morgan fingerprint density at radius 2 is 1.78 bits per heavy atom. The number of nitrogens with zero attached hydrogens (tertiary/aromatic N) is 2. The summed E-state index contributed by atoms with van der Waals surface area (Å²) in [7, 11) is -4.49. The minimum atomic E-state index is -4.49. The highest BCUT2D eigenvalue weighted by molar-refractivity contribution is 7.85. The summed E-state index contributed by atoms with van der Waals surface area (Å²) in [5.74, 6) is 0. The molecule has 0 spiro atoms. The zero-order chi connectivity index (χ0) is 23.4. The predicted octanol–water partition coefficient (Wildman–Crippen LogP) is 5.17. The second kappa shape index (κ2) is 10.0. The molecule has 5 nitrogen and oxygen atoms in total. The van der Waals surface area contributed by atoms with Crippen molar-refractivity contribution in [3.8, 4) is 0 Å². The first-order valence-electron chi connectivity index (χ1n) is 11.4. The number of allylic oxidation sites excluding steroid dienone is 3. The van der Waals surface area contributed by atoms with Gasteiger partial charge < -0.3 is 9.45 Å². The lowest BCUT2D eigenvalue weighted by molar-refractivity contribution is -0.697. The standard InChI is InChI=1S/C26H34N2O3S/c1-5-7-8-9-17-27-18-15-21(16-19-27)11-10-12-25-26(3,4)23-20-22(32(29,30)31)13-14-24(23)28(25)6-2/h10-16,18-20H,5-9,17H2,1-4H3. The average Bonchev–Trinajstić information content (AvgIpc) is 2.97. The summed E-state index contributed by atoms with van der Waals surface area (Å²) in [6.07, 6.45) is 15.5. The maximum absolute atomic E-state index is 11.5. The molecule has 0 amide bonds. The van der Waals surface area contributed by atoms with Gasteiger partial charge in [0.25, 0.3) is 0 Å². The molecule has 0 aliphatic carbocycles. The van der Waals surface area contributed by atoms with Gasteiger partial charge >= 0.3 is 0 Å². The first-order valence-corrected chi connectivity index (χ1v) is 12.8. The summed E-state index contributed by atoms with van der Waals surface area (Å²) in [5, 5.41) is 0. The molecule has 172 valence electrons. The molecule has 0 bridgehead atoms. The first-order chi connectivity index (χ1) is 15.2.